The SMILES string of the molecule is C1CCC2C3NC(NC4NC(NC5NC(NC6NC(N3)C3CCCCC63)C3CCCCC53)C3CCCCC43)C2C1.N. The third kappa shape index (κ3) is 4.85. The quantitative estimate of drug-likeness (QED) is 0.216. The lowest BCUT2D eigenvalue weighted by atomic mass is 9.76. The Morgan fingerprint density at radius 1 is 0.220 bits per heavy atom. The highest BCUT2D eigenvalue weighted by Gasteiger charge is 2.54. The molecule has 5 heterocycles. The highest BCUT2D eigenvalue weighted by atomic mass is 15.4. The van der Waals surface area contributed by atoms with Crippen molar-refractivity contribution in [2.45, 2.75) is 152 Å². The van der Waals surface area contributed by atoms with E-state index in [-0.39, 0.29) is 6.15 Å². The molecule has 9 heteroatoms. The van der Waals surface area contributed by atoms with Gasteiger partial charge in [0.15, 0.2) is 0 Å². The maximum absolute atomic E-state index is 4.26. The number of hydrogen-bond acceptors (Lipinski definition) is 9. The fraction of sp³-hybridized carbons (Fsp3) is 1.00. The topological polar surface area (TPSA) is 131 Å². The number of hydrogen-bond donors (Lipinski definition) is 9. The van der Waals surface area contributed by atoms with E-state index in [0.717, 1.165) is 47.3 Å². The Bertz CT molecular complexity index is 712. The number of rotatable bonds is 0. The molecule has 0 amide bonds. The monoisotopic (exact) mass is 569 g/mol. The second kappa shape index (κ2) is 11.5. The molecule has 5 saturated heterocycles. The van der Waals surface area contributed by atoms with Crippen molar-refractivity contribution in [1.29, 1.82) is 0 Å². The molecule has 4 saturated carbocycles. The van der Waals surface area contributed by atoms with E-state index in [1.54, 1.807) is 0 Å². The van der Waals surface area contributed by atoms with Crippen LogP contribution in [0, 0.1) is 47.3 Å². The van der Waals surface area contributed by atoms with Crippen LogP contribution in [0.25, 0.3) is 0 Å². The molecule has 8 bridgehead atoms. The summed E-state index contributed by atoms with van der Waals surface area (Å²) in [5, 5.41) is 33.8. The van der Waals surface area contributed by atoms with Gasteiger partial charge in [-0.2, -0.15) is 0 Å². The van der Waals surface area contributed by atoms with Crippen LogP contribution < -0.4 is 48.7 Å². The Labute approximate surface area is 248 Å². The summed E-state index contributed by atoms with van der Waals surface area (Å²) in [5.41, 5.74) is 0. The van der Waals surface area contributed by atoms with Gasteiger partial charge in [-0.25, -0.2) is 0 Å². The Balaban J connectivity index is 0.00000256. The molecule has 4 aliphatic carbocycles. The van der Waals surface area contributed by atoms with Crippen molar-refractivity contribution in [3.05, 3.63) is 0 Å². The third-order valence-corrected chi connectivity index (χ3v) is 13.8. The van der Waals surface area contributed by atoms with Crippen molar-refractivity contribution < 1.29 is 0 Å². The zero-order valence-corrected chi connectivity index (χ0v) is 25.3. The predicted octanol–water partition coefficient (Wildman–Crippen LogP) is 2.77. The van der Waals surface area contributed by atoms with Crippen molar-refractivity contribution in [2.75, 3.05) is 0 Å². The molecule has 11 N–H and O–H groups in total. The van der Waals surface area contributed by atoms with E-state index in [2.05, 4.69) is 42.5 Å². The van der Waals surface area contributed by atoms with Gasteiger partial charge in [-0.05, 0) is 98.7 Å². The minimum absolute atomic E-state index is 0. The standard InChI is InChI=1S/C32H56N8.H3N/c1-2-10-18-17(9-1)25-33-26(18)38-28-21-13-5-6-14-22(21)30(35-28)40-32-24-16-8-7-15-23(24)31(36-32)39-29-20-12-4-3-11-19(20)27(34-29)37-25;/h17-40H,1-16H2;1H3. The van der Waals surface area contributed by atoms with Gasteiger partial charge in [0.2, 0.25) is 0 Å². The fourth-order valence-corrected chi connectivity index (χ4v) is 12.0. The zero-order chi connectivity index (χ0) is 26.2. The van der Waals surface area contributed by atoms with Crippen molar-refractivity contribution in [3.63, 3.8) is 0 Å². The van der Waals surface area contributed by atoms with Crippen LogP contribution in [0.5, 0.6) is 0 Å². The summed E-state index contributed by atoms with van der Waals surface area (Å²) in [6.07, 6.45) is 25.6. The lowest BCUT2D eigenvalue weighted by molar-refractivity contribution is 0.167. The fourth-order valence-electron chi connectivity index (χ4n) is 12.0. The van der Waals surface area contributed by atoms with Crippen LogP contribution in [0.3, 0.4) is 0 Å². The van der Waals surface area contributed by atoms with E-state index in [4.69, 9.17) is 0 Å². The zero-order valence-electron chi connectivity index (χ0n) is 25.3. The van der Waals surface area contributed by atoms with Crippen molar-refractivity contribution in [1.82, 2.24) is 48.7 Å². The summed E-state index contributed by atoms with van der Waals surface area (Å²) in [7, 11) is 0. The average molecular weight is 570 g/mol. The summed E-state index contributed by atoms with van der Waals surface area (Å²) in [5.74, 6) is 5.97. The minimum Gasteiger partial charge on any atom is -0.344 e. The molecule has 9 aliphatic rings. The van der Waals surface area contributed by atoms with Crippen molar-refractivity contribution >= 4 is 0 Å². The van der Waals surface area contributed by atoms with Crippen LogP contribution >= 0.6 is 0 Å². The van der Waals surface area contributed by atoms with Crippen LogP contribution in [0.4, 0.5) is 0 Å². The summed E-state index contributed by atoms with van der Waals surface area (Å²) in [6, 6.07) is 0. The van der Waals surface area contributed by atoms with E-state index in [9.17, 15) is 0 Å². The predicted molar refractivity (Wildman–Crippen MR) is 162 cm³/mol. The molecule has 8 unspecified atom stereocenters. The van der Waals surface area contributed by atoms with Crippen LogP contribution in [0.1, 0.15) is 103 Å². The van der Waals surface area contributed by atoms with Gasteiger partial charge in [-0.3, -0.25) is 42.5 Å². The van der Waals surface area contributed by atoms with E-state index in [0.29, 0.717) is 49.3 Å². The molecule has 9 nitrogen and oxygen atoms in total. The molecule has 41 heavy (non-hydrogen) atoms. The van der Waals surface area contributed by atoms with Gasteiger partial charge in [0.05, 0.1) is 49.3 Å². The molecule has 9 rings (SSSR count). The van der Waals surface area contributed by atoms with Gasteiger partial charge >= 0.3 is 0 Å². The molecular weight excluding hydrogens is 510 g/mol. The molecular formula is C32H59N9. The Morgan fingerprint density at radius 3 is 0.463 bits per heavy atom. The molecule has 0 radical (unpaired) electrons. The first-order chi connectivity index (χ1) is 19.8. The highest BCUT2D eigenvalue weighted by molar-refractivity contribution is 5.08. The van der Waals surface area contributed by atoms with E-state index in [1.807, 2.05) is 0 Å². The Kier molecular flexibility index (Phi) is 7.91. The lowest BCUT2D eigenvalue weighted by Gasteiger charge is -2.35. The van der Waals surface area contributed by atoms with E-state index in [1.165, 1.54) is 103 Å². The minimum atomic E-state index is 0. The smallest absolute Gasteiger partial charge is 0.0628 e. The average Bonchev–Trinajstić information content (AvgIpc) is 3.73. The molecule has 5 aliphatic heterocycles. The number of fused-ring (bicyclic) bond motifs is 20. The third-order valence-electron chi connectivity index (χ3n) is 13.8. The first-order valence-corrected chi connectivity index (χ1v) is 17.9. The van der Waals surface area contributed by atoms with Crippen LogP contribution in [-0.4, -0.2) is 49.3 Å². The summed E-state index contributed by atoms with van der Waals surface area (Å²) in [4.78, 5) is 0. The molecule has 0 aromatic rings. The summed E-state index contributed by atoms with van der Waals surface area (Å²) < 4.78 is 0. The normalized spacial score (nSPS) is 56.2. The number of nitrogens with one attached hydrogen (secondary N) is 8. The highest BCUT2D eigenvalue weighted by Crippen LogP contribution is 2.45. The van der Waals surface area contributed by atoms with Crippen LogP contribution in [-0.2, 0) is 0 Å². The van der Waals surface area contributed by atoms with Gasteiger partial charge in [0.25, 0.3) is 0 Å². The molecule has 0 aromatic carbocycles. The van der Waals surface area contributed by atoms with Gasteiger partial charge in [0, 0.05) is 0 Å². The summed E-state index contributed by atoms with van der Waals surface area (Å²) >= 11 is 0. The largest absolute Gasteiger partial charge is 0.344 e. The second-order valence-corrected chi connectivity index (χ2v) is 15.6. The van der Waals surface area contributed by atoms with Gasteiger partial charge in [-0.1, -0.05) is 51.4 Å². The van der Waals surface area contributed by atoms with Gasteiger partial charge in [0.1, 0.15) is 0 Å². The van der Waals surface area contributed by atoms with E-state index < -0.39 is 0 Å². The van der Waals surface area contributed by atoms with E-state index >= 15 is 0 Å². The molecule has 8 atom stereocenters. The van der Waals surface area contributed by atoms with Crippen molar-refractivity contribution in [3.8, 4) is 0 Å². The molecule has 232 valence electrons. The maximum Gasteiger partial charge on any atom is 0.0628 e. The van der Waals surface area contributed by atoms with Crippen LogP contribution in [0.2, 0.25) is 0 Å². The molecule has 0 aromatic heterocycles. The van der Waals surface area contributed by atoms with Gasteiger partial charge in [-0.15, -0.1) is 0 Å². The Morgan fingerprint density at radius 2 is 0.341 bits per heavy atom. The van der Waals surface area contributed by atoms with Crippen LogP contribution in [0.15, 0.2) is 0 Å². The first kappa shape index (κ1) is 28.1. The molecule has 0 spiro atoms. The maximum atomic E-state index is 4.26. The van der Waals surface area contributed by atoms with Gasteiger partial charge < -0.3 is 6.15 Å². The van der Waals surface area contributed by atoms with Crippen molar-refractivity contribution in [2.24, 2.45) is 47.3 Å². The molecule has 9 fully saturated rings. The second-order valence-electron chi connectivity index (χ2n) is 15.6. The lowest BCUT2D eigenvalue weighted by Crippen LogP contribution is -2.61. The summed E-state index contributed by atoms with van der Waals surface area (Å²) in [6.45, 7) is 0. The Hall–Kier alpha value is -0.360. The first-order valence-electron chi connectivity index (χ1n) is 17.9.